The number of carbonyl (C=O) groups is 1. The van der Waals surface area contributed by atoms with Gasteiger partial charge in [-0.05, 0) is 60.4 Å². The Kier molecular flexibility index (Phi) is 4.74. The number of benzene rings is 2. The van der Waals surface area contributed by atoms with Crippen LogP contribution in [0.2, 0.25) is 0 Å². The van der Waals surface area contributed by atoms with Gasteiger partial charge in [0, 0.05) is 30.8 Å². The van der Waals surface area contributed by atoms with Crippen LogP contribution in [0.5, 0.6) is 5.75 Å². The number of hydrogen-bond donors (Lipinski definition) is 1. The summed E-state index contributed by atoms with van der Waals surface area (Å²) in [6.45, 7) is 2.18. The lowest BCUT2D eigenvalue weighted by molar-refractivity contribution is -0.116. The minimum absolute atomic E-state index is 0.00149. The average molecular weight is 374 g/mol. The highest BCUT2D eigenvalue weighted by atomic mass is 16.5. The summed E-state index contributed by atoms with van der Waals surface area (Å²) in [4.78, 5) is 24.0. The van der Waals surface area contributed by atoms with Crippen molar-refractivity contribution in [3.05, 3.63) is 81.8 Å². The summed E-state index contributed by atoms with van der Waals surface area (Å²) in [5, 5.41) is 3.00. The number of rotatable bonds is 4. The summed E-state index contributed by atoms with van der Waals surface area (Å²) in [6, 6.07) is 15.7. The average Bonchev–Trinajstić information content (AvgIpc) is 2.70. The van der Waals surface area contributed by atoms with Gasteiger partial charge in [-0.1, -0.05) is 18.2 Å². The SMILES string of the molecule is Cc1cc(-c2cc3c(c(COc4ccccc4)c2)NC(=O)CC3)cn(C)c1=O. The molecular weight excluding hydrogens is 352 g/mol. The highest BCUT2D eigenvalue weighted by Gasteiger charge is 2.20. The minimum Gasteiger partial charge on any atom is -0.489 e. The highest BCUT2D eigenvalue weighted by molar-refractivity contribution is 5.95. The van der Waals surface area contributed by atoms with Gasteiger partial charge in [-0.15, -0.1) is 0 Å². The molecule has 0 saturated carbocycles. The molecule has 0 fully saturated rings. The molecule has 1 aromatic heterocycles. The molecule has 0 spiro atoms. The van der Waals surface area contributed by atoms with Crippen LogP contribution in [0, 0.1) is 6.92 Å². The van der Waals surface area contributed by atoms with Gasteiger partial charge in [0.25, 0.3) is 5.56 Å². The number of nitrogens with one attached hydrogen (secondary N) is 1. The maximum absolute atomic E-state index is 12.0. The lowest BCUT2D eigenvalue weighted by Crippen LogP contribution is -2.21. The number of fused-ring (bicyclic) bond motifs is 1. The number of aryl methyl sites for hydroxylation is 3. The van der Waals surface area contributed by atoms with Gasteiger partial charge < -0.3 is 14.6 Å². The Morgan fingerprint density at radius 3 is 2.57 bits per heavy atom. The zero-order valence-corrected chi connectivity index (χ0v) is 16.0. The van der Waals surface area contributed by atoms with E-state index >= 15 is 0 Å². The van der Waals surface area contributed by atoms with Gasteiger partial charge in [-0.2, -0.15) is 0 Å². The van der Waals surface area contributed by atoms with Gasteiger partial charge in [0.2, 0.25) is 5.91 Å². The number of hydrogen-bond acceptors (Lipinski definition) is 3. The molecule has 0 radical (unpaired) electrons. The van der Waals surface area contributed by atoms with Gasteiger partial charge in [0.15, 0.2) is 0 Å². The summed E-state index contributed by atoms with van der Waals surface area (Å²) in [7, 11) is 1.76. The third kappa shape index (κ3) is 3.56. The number of para-hydroxylation sites is 1. The topological polar surface area (TPSA) is 60.3 Å². The van der Waals surface area contributed by atoms with Crippen molar-refractivity contribution in [1.82, 2.24) is 4.57 Å². The summed E-state index contributed by atoms with van der Waals surface area (Å²) in [5.74, 6) is 0.806. The molecule has 5 heteroatoms. The van der Waals surface area contributed by atoms with Crippen LogP contribution in [0.25, 0.3) is 11.1 Å². The molecule has 4 rings (SSSR count). The molecule has 0 atom stereocenters. The van der Waals surface area contributed by atoms with Crippen LogP contribution < -0.4 is 15.6 Å². The molecule has 3 aromatic rings. The predicted molar refractivity (Wildman–Crippen MR) is 110 cm³/mol. The van der Waals surface area contributed by atoms with Crippen LogP contribution in [-0.2, 0) is 24.9 Å². The van der Waals surface area contributed by atoms with Crippen molar-refractivity contribution in [2.24, 2.45) is 7.05 Å². The molecule has 28 heavy (non-hydrogen) atoms. The summed E-state index contributed by atoms with van der Waals surface area (Å²) in [6.07, 6.45) is 3.01. The zero-order chi connectivity index (χ0) is 19.7. The van der Waals surface area contributed by atoms with E-state index in [0.717, 1.165) is 33.7 Å². The van der Waals surface area contributed by atoms with Crippen molar-refractivity contribution in [3.63, 3.8) is 0 Å². The third-order valence-electron chi connectivity index (χ3n) is 5.02. The highest BCUT2D eigenvalue weighted by Crippen LogP contribution is 2.33. The molecular formula is C23H22N2O3. The molecule has 1 aliphatic rings. The first-order valence-electron chi connectivity index (χ1n) is 9.32. The zero-order valence-electron chi connectivity index (χ0n) is 16.0. The number of carbonyl (C=O) groups excluding carboxylic acids is 1. The van der Waals surface area contributed by atoms with Crippen molar-refractivity contribution in [3.8, 4) is 16.9 Å². The fraction of sp³-hybridized carbons (Fsp3) is 0.217. The van der Waals surface area contributed by atoms with E-state index in [1.54, 1.807) is 11.6 Å². The molecule has 2 aromatic carbocycles. The summed E-state index contributed by atoms with van der Waals surface area (Å²) >= 11 is 0. The smallest absolute Gasteiger partial charge is 0.253 e. The number of ether oxygens (including phenoxy) is 1. The van der Waals surface area contributed by atoms with Gasteiger partial charge in [-0.25, -0.2) is 0 Å². The van der Waals surface area contributed by atoms with E-state index in [1.165, 1.54) is 0 Å². The lowest BCUT2D eigenvalue weighted by Gasteiger charge is -2.22. The normalized spacial score (nSPS) is 13.0. The van der Waals surface area contributed by atoms with Gasteiger partial charge >= 0.3 is 0 Å². The van der Waals surface area contributed by atoms with E-state index in [-0.39, 0.29) is 11.5 Å². The fourth-order valence-corrected chi connectivity index (χ4v) is 3.57. The van der Waals surface area contributed by atoms with Crippen molar-refractivity contribution >= 4 is 11.6 Å². The monoisotopic (exact) mass is 374 g/mol. The van der Waals surface area contributed by atoms with Crippen LogP contribution in [0.15, 0.2) is 59.5 Å². The Morgan fingerprint density at radius 2 is 1.82 bits per heavy atom. The van der Waals surface area contributed by atoms with E-state index in [2.05, 4.69) is 11.4 Å². The molecule has 142 valence electrons. The number of anilines is 1. The van der Waals surface area contributed by atoms with Gasteiger partial charge in [-0.3, -0.25) is 9.59 Å². The second kappa shape index (κ2) is 7.35. The molecule has 5 nitrogen and oxygen atoms in total. The maximum atomic E-state index is 12.0. The number of pyridine rings is 1. The first-order valence-corrected chi connectivity index (χ1v) is 9.32. The van der Waals surface area contributed by atoms with Crippen LogP contribution in [0.1, 0.15) is 23.1 Å². The molecule has 1 aliphatic heterocycles. The molecule has 1 N–H and O–H groups in total. The van der Waals surface area contributed by atoms with E-state index in [9.17, 15) is 9.59 Å². The Balaban J connectivity index is 1.76. The van der Waals surface area contributed by atoms with Crippen molar-refractivity contribution in [2.45, 2.75) is 26.4 Å². The molecule has 0 bridgehead atoms. The summed E-state index contributed by atoms with van der Waals surface area (Å²) in [5.41, 5.74) is 5.55. The summed E-state index contributed by atoms with van der Waals surface area (Å²) < 4.78 is 7.55. The van der Waals surface area contributed by atoms with E-state index in [1.807, 2.05) is 55.6 Å². The van der Waals surface area contributed by atoms with Gasteiger partial charge in [0.1, 0.15) is 12.4 Å². The van der Waals surface area contributed by atoms with E-state index in [4.69, 9.17) is 4.74 Å². The van der Waals surface area contributed by atoms with Crippen LogP contribution in [0.3, 0.4) is 0 Å². The Labute approximate surface area is 163 Å². The number of amides is 1. The van der Waals surface area contributed by atoms with Crippen molar-refractivity contribution < 1.29 is 9.53 Å². The maximum Gasteiger partial charge on any atom is 0.253 e. The van der Waals surface area contributed by atoms with Gasteiger partial charge in [0.05, 0.1) is 5.69 Å². The molecule has 1 amide bonds. The van der Waals surface area contributed by atoms with Crippen molar-refractivity contribution in [1.29, 1.82) is 0 Å². The standard InChI is InChI=1S/C23H22N2O3/c1-15-10-18(13-25(2)23(15)27)17-11-16-8-9-21(26)24-22(16)19(12-17)14-28-20-6-4-3-5-7-20/h3-7,10-13H,8-9,14H2,1-2H3,(H,24,26). The molecule has 0 saturated heterocycles. The first-order chi connectivity index (χ1) is 13.5. The fourth-order valence-electron chi connectivity index (χ4n) is 3.57. The molecule has 2 heterocycles. The Bertz CT molecular complexity index is 1070. The number of aromatic nitrogens is 1. The predicted octanol–water partition coefficient (Wildman–Crippen LogP) is 3.82. The van der Waals surface area contributed by atoms with Crippen LogP contribution in [-0.4, -0.2) is 10.5 Å². The Hall–Kier alpha value is -3.34. The van der Waals surface area contributed by atoms with Crippen LogP contribution >= 0.6 is 0 Å². The molecule has 0 aliphatic carbocycles. The largest absolute Gasteiger partial charge is 0.489 e. The second-order valence-corrected chi connectivity index (χ2v) is 7.15. The number of nitrogens with zero attached hydrogens (tertiary/aromatic N) is 1. The Morgan fingerprint density at radius 1 is 1.04 bits per heavy atom. The second-order valence-electron chi connectivity index (χ2n) is 7.15. The van der Waals surface area contributed by atoms with Crippen molar-refractivity contribution in [2.75, 3.05) is 5.32 Å². The minimum atomic E-state index is 0.00149. The molecule has 0 unspecified atom stereocenters. The van der Waals surface area contributed by atoms with E-state index in [0.29, 0.717) is 25.0 Å². The third-order valence-corrected chi connectivity index (χ3v) is 5.02. The van der Waals surface area contributed by atoms with Crippen LogP contribution in [0.4, 0.5) is 5.69 Å². The first kappa shape index (κ1) is 18.0. The quantitative estimate of drug-likeness (QED) is 0.755. The van der Waals surface area contributed by atoms with E-state index < -0.39 is 0 Å². The lowest BCUT2D eigenvalue weighted by atomic mass is 9.93.